The zero-order valence-corrected chi connectivity index (χ0v) is 13.9. The summed E-state index contributed by atoms with van der Waals surface area (Å²) in [4.78, 5) is 26.8. The highest BCUT2D eigenvalue weighted by Crippen LogP contribution is 2.43. The van der Waals surface area contributed by atoms with Gasteiger partial charge < -0.3 is 14.2 Å². The van der Waals surface area contributed by atoms with Gasteiger partial charge in [-0.1, -0.05) is 19.3 Å². The molecule has 1 amide bonds. The molecule has 0 bridgehead atoms. The van der Waals surface area contributed by atoms with Crippen LogP contribution >= 0.6 is 0 Å². The van der Waals surface area contributed by atoms with Crippen LogP contribution in [0.4, 0.5) is 0 Å². The Hall–Kier alpha value is -1.78. The first kappa shape index (κ1) is 16.1. The number of hydrogen-bond acceptors (Lipinski definition) is 3. The number of carbonyl (C=O) groups is 1. The van der Waals surface area contributed by atoms with Crippen LogP contribution in [0.15, 0.2) is 23.1 Å². The third-order valence-electron chi connectivity index (χ3n) is 5.44. The summed E-state index contributed by atoms with van der Waals surface area (Å²) in [5, 5.41) is 0. The van der Waals surface area contributed by atoms with Gasteiger partial charge in [0.15, 0.2) is 5.75 Å². The smallest absolute Gasteiger partial charge is 0.293 e. The summed E-state index contributed by atoms with van der Waals surface area (Å²) in [6, 6.07) is 3.37. The molecule has 0 radical (unpaired) electrons. The van der Waals surface area contributed by atoms with Crippen molar-refractivity contribution in [1.29, 1.82) is 0 Å². The predicted molar refractivity (Wildman–Crippen MR) is 88.6 cm³/mol. The zero-order chi connectivity index (χ0) is 16.3. The van der Waals surface area contributed by atoms with E-state index in [1.165, 1.54) is 50.2 Å². The molecular formula is C18H26N2O3. The van der Waals surface area contributed by atoms with E-state index in [1.54, 1.807) is 18.3 Å². The molecule has 3 rings (SSSR count). The standard InChI is InChI=1S/C18H26N2O3/c1-23-15-7-5-11-19(17(15)22)13-16(21)20-12-6-10-18(14-20)8-3-2-4-9-18/h5,7,11H,2-4,6,8-10,12-14H2,1H3. The molecule has 0 unspecified atom stereocenters. The van der Waals surface area contributed by atoms with Crippen molar-refractivity contribution in [2.24, 2.45) is 5.41 Å². The Labute approximate surface area is 137 Å². The third kappa shape index (κ3) is 3.43. The second-order valence-electron chi connectivity index (χ2n) is 6.99. The molecule has 1 spiro atoms. The Balaban J connectivity index is 1.69. The molecule has 1 aromatic rings. The highest BCUT2D eigenvalue weighted by atomic mass is 16.5. The molecule has 126 valence electrons. The lowest BCUT2D eigenvalue weighted by atomic mass is 9.69. The van der Waals surface area contributed by atoms with E-state index >= 15 is 0 Å². The molecule has 1 saturated carbocycles. The summed E-state index contributed by atoms with van der Waals surface area (Å²) < 4.78 is 6.49. The van der Waals surface area contributed by atoms with Gasteiger partial charge in [0.2, 0.25) is 5.91 Å². The maximum Gasteiger partial charge on any atom is 0.293 e. The molecule has 1 aliphatic heterocycles. The molecule has 2 heterocycles. The SMILES string of the molecule is COc1cccn(CC(=O)N2CCCC3(CCCCC3)C2)c1=O. The quantitative estimate of drug-likeness (QED) is 0.860. The van der Waals surface area contributed by atoms with Gasteiger partial charge in [0.25, 0.3) is 5.56 Å². The number of nitrogens with zero attached hydrogens (tertiary/aromatic N) is 2. The van der Waals surface area contributed by atoms with Gasteiger partial charge in [-0.2, -0.15) is 0 Å². The second kappa shape index (κ2) is 6.77. The number of amides is 1. The van der Waals surface area contributed by atoms with Crippen LogP contribution in [0.3, 0.4) is 0 Å². The molecule has 0 aromatic carbocycles. The van der Waals surface area contributed by atoms with Crippen LogP contribution in [-0.2, 0) is 11.3 Å². The molecule has 23 heavy (non-hydrogen) atoms. The van der Waals surface area contributed by atoms with Crippen molar-refractivity contribution in [3.05, 3.63) is 28.7 Å². The van der Waals surface area contributed by atoms with Crippen molar-refractivity contribution in [3.8, 4) is 5.75 Å². The Morgan fingerprint density at radius 3 is 2.70 bits per heavy atom. The molecule has 2 fully saturated rings. The van der Waals surface area contributed by atoms with Crippen LogP contribution in [0.5, 0.6) is 5.75 Å². The highest BCUT2D eigenvalue weighted by molar-refractivity contribution is 5.76. The van der Waals surface area contributed by atoms with Crippen molar-refractivity contribution in [2.45, 2.75) is 51.5 Å². The Bertz CT molecular complexity index is 611. The summed E-state index contributed by atoms with van der Waals surface area (Å²) >= 11 is 0. The lowest BCUT2D eigenvalue weighted by Crippen LogP contribution is -2.48. The van der Waals surface area contributed by atoms with Crippen molar-refractivity contribution in [3.63, 3.8) is 0 Å². The molecule has 5 nitrogen and oxygen atoms in total. The Morgan fingerprint density at radius 2 is 1.96 bits per heavy atom. The summed E-state index contributed by atoms with van der Waals surface area (Å²) in [6.45, 7) is 1.79. The van der Waals surface area contributed by atoms with Gasteiger partial charge in [-0.25, -0.2) is 0 Å². The van der Waals surface area contributed by atoms with Gasteiger partial charge >= 0.3 is 0 Å². The largest absolute Gasteiger partial charge is 0.491 e. The Kier molecular flexibility index (Phi) is 4.74. The van der Waals surface area contributed by atoms with Crippen LogP contribution in [0, 0.1) is 5.41 Å². The van der Waals surface area contributed by atoms with E-state index in [9.17, 15) is 9.59 Å². The topological polar surface area (TPSA) is 51.5 Å². The molecule has 2 aliphatic rings. The number of piperidine rings is 1. The van der Waals surface area contributed by atoms with Gasteiger partial charge in [0.05, 0.1) is 7.11 Å². The number of rotatable bonds is 3. The normalized spacial score (nSPS) is 20.5. The van der Waals surface area contributed by atoms with Crippen LogP contribution in [0.2, 0.25) is 0 Å². The van der Waals surface area contributed by atoms with Crippen molar-refractivity contribution in [1.82, 2.24) is 9.47 Å². The van der Waals surface area contributed by atoms with Gasteiger partial charge in [-0.3, -0.25) is 9.59 Å². The molecule has 5 heteroatoms. The highest BCUT2D eigenvalue weighted by Gasteiger charge is 2.37. The van der Waals surface area contributed by atoms with E-state index in [4.69, 9.17) is 4.74 Å². The fraction of sp³-hybridized carbons (Fsp3) is 0.667. The van der Waals surface area contributed by atoms with Crippen LogP contribution < -0.4 is 10.3 Å². The monoisotopic (exact) mass is 318 g/mol. The van der Waals surface area contributed by atoms with E-state index < -0.39 is 0 Å². The number of carbonyl (C=O) groups excluding carboxylic acids is 1. The van der Waals surface area contributed by atoms with Gasteiger partial charge in [-0.05, 0) is 43.2 Å². The fourth-order valence-corrected chi connectivity index (χ4v) is 4.17. The first-order valence-corrected chi connectivity index (χ1v) is 8.65. The minimum atomic E-state index is -0.243. The van der Waals surface area contributed by atoms with Gasteiger partial charge in [0, 0.05) is 19.3 Å². The number of ether oxygens (including phenoxy) is 1. The van der Waals surface area contributed by atoms with Crippen molar-refractivity contribution >= 4 is 5.91 Å². The zero-order valence-electron chi connectivity index (χ0n) is 13.9. The lowest BCUT2D eigenvalue weighted by Gasteiger charge is -2.45. The fourth-order valence-electron chi connectivity index (χ4n) is 4.17. The molecular weight excluding hydrogens is 292 g/mol. The summed E-state index contributed by atoms with van der Waals surface area (Å²) in [7, 11) is 1.47. The van der Waals surface area contributed by atoms with Gasteiger partial charge in [-0.15, -0.1) is 0 Å². The maximum atomic E-state index is 12.7. The summed E-state index contributed by atoms with van der Waals surface area (Å²) in [5.74, 6) is 0.327. The van der Waals surface area contributed by atoms with Crippen LogP contribution in [0.1, 0.15) is 44.9 Å². The van der Waals surface area contributed by atoms with E-state index in [1.807, 2.05) is 4.90 Å². The number of likely N-dealkylation sites (tertiary alicyclic amines) is 1. The van der Waals surface area contributed by atoms with Crippen LogP contribution in [0.25, 0.3) is 0 Å². The number of methoxy groups -OCH3 is 1. The summed E-state index contributed by atoms with van der Waals surface area (Å²) in [6.07, 6.45) is 10.4. The minimum absolute atomic E-state index is 0.0463. The van der Waals surface area contributed by atoms with E-state index in [0.717, 1.165) is 19.5 Å². The average Bonchev–Trinajstić information content (AvgIpc) is 2.57. The van der Waals surface area contributed by atoms with Crippen molar-refractivity contribution in [2.75, 3.05) is 20.2 Å². The molecule has 1 aromatic heterocycles. The molecule has 1 aliphatic carbocycles. The Morgan fingerprint density at radius 1 is 1.22 bits per heavy atom. The predicted octanol–water partition coefficient (Wildman–Crippen LogP) is 2.43. The van der Waals surface area contributed by atoms with E-state index in [2.05, 4.69) is 0 Å². The molecule has 0 atom stereocenters. The van der Waals surface area contributed by atoms with Crippen molar-refractivity contribution < 1.29 is 9.53 Å². The minimum Gasteiger partial charge on any atom is -0.491 e. The number of pyridine rings is 1. The maximum absolute atomic E-state index is 12.7. The third-order valence-corrected chi connectivity index (χ3v) is 5.44. The average molecular weight is 318 g/mol. The van der Waals surface area contributed by atoms with E-state index in [-0.39, 0.29) is 23.8 Å². The van der Waals surface area contributed by atoms with E-state index in [0.29, 0.717) is 5.41 Å². The molecule has 0 N–H and O–H groups in total. The number of hydrogen-bond donors (Lipinski definition) is 0. The first-order valence-electron chi connectivity index (χ1n) is 8.65. The number of aromatic nitrogens is 1. The second-order valence-corrected chi connectivity index (χ2v) is 6.99. The molecule has 1 saturated heterocycles. The summed E-state index contributed by atoms with van der Waals surface area (Å²) in [5.41, 5.74) is 0.0960. The van der Waals surface area contributed by atoms with Crippen LogP contribution in [-0.4, -0.2) is 35.6 Å². The first-order chi connectivity index (χ1) is 11.1. The lowest BCUT2D eigenvalue weighted by molar-refractivity contribution is -0.136. The van der Waals surface area contributed by atoms with Gasteiger partial charge in [0.1, 0.15) is 6.54 Å².